The largest absolute Gasteiger partial charge is 0.324 e. The summed E-state index contributed by atoms with van der Waals surface area (Å²) in [5.74, 6) is 0.359. The van der Waals surface area contributed by atoms with Crippen LogP contribution in [0.4, 0.5) is 10.1 Å². The number of piperidine rings is 1. The highest BCUT2D eigenvalue weighted by atomic mass is 35.5. The smallest absolute Gasteiger partial charge is 0.234 e. The number of thioether (sulfide) groups is 1. The Morgan fingerprint density at radius 2 is 1.84 bits per heavy atom. The fourth-order valence-electron chi connectivity index (χ4n) is 3.69. The molecule has 2 aromatic carbocycles. The molecule has 4 rings (SSSR count). The maximum absolute atomic E-state index is 13.2. The predicted molar refractivity (Wildman–Crippen MR) is 125 cm³/mol. The number of anilines is 1. The lowest BCUT2D eigenvalue weighted by Crippen LogP contribution is -2.30. The number of nitrogens with one attached hydrogen (secondary N) is 1. The van der Waals surface area contributed by atoms with E-state index in [2.05, 4.69) is 37.1 Å². The number of hydrogen-bond acceptors (Lipinski definition) is 5. The quantitative estimate of drug-likeness (QED) is 0.474. The van der Waals surface area contributed by atoms with E-state index in [1.54, 1.807) is 0 Å². The summed E-state index contributed by atoms with van der Waals surface area (Å²) in [6, 6.07) is 14.0. The molecular weight excluding hydrogens is 449 g/mol. The van der Waals surface area contributed by atoms with Crippen LogP contribution >= 0.6 is 23.4 Å². The van der Waals surface area contributed by atoms with Gasteiger partial charge in [-0.1, -0.05) is 60.1 Å². The van der Waals surface area contributed by atoms with Gasteiger partial charge in [-0.05, 0) is 49.7 Å². The normalized spacial score (nSPS) is 14.4. The monoisotopic (exact) mass is 473 g/mol. The SMILES string of the molecule is O=C(CSc1nnc(CN2CCCCC2)n1Cc1ccccc1)Nc1ccc(F)cc1Cl. The minimum atomic E-state index is -0.447. The first-order chi connectivity index (χ1) is 15.6. The summed E-state index contributed by atoms with van der Waals surface area (Å²) in [6.45, 7) is 3.53. The second-order valence-electron chi connectivity index (χ2n) is 7.77. The number of hydrogen-bond donors (Lipinski definition) is 1. The van der Waals surface area contributed by atoms with Gasteiger partial charge in [-0.25, -0.2) is 4.39 Å². The molecule has 9 heteroatoms. The molecule has 0 atom stereocenters. The number of carbonyl (C=O) groups is 1. The highest BCUT2D eigenvalue weighted by Crippen LogP contribution is 2.24. The van der Waals surface area contributed by atoms with E-state index in [-0.39, 0.29) is 16.7 Å². The Morgan fingerprint density at radius 3 is 2.59 bits per heavy atom. The number of carbonyl (C=O) groups excluding carboxylic acids is 1. The van der Waals surface area contributed by atoms with E-state index in [1.807, 2.05) is 18.2 Å². The summed E-state index contributed by atoms with van der Waals surface area (Å²) in [6.07, 6.45) is 3.70. The van der Waals surface area contributed by atoms with Crippen LogP contribution in [-0.2, 0) is 17.9 Å². The van der Waals surface area contributed by atoms with Crippen molar-refractivity contribution in [2.75, 3.05) is 24.2 Å². The zero-order chi connectivity index (χ0) is 22.3. The molecule has 1 aromatic heterocycles. The fourth-order valence-corrected chi connectivity index (χ4v) is 4.66. The van der Waals surface area contributed by atoms with Gasteiger partial charge in [0.1, 0.15) is 11.6 Å². The summed E-state index contributed by atoms with van der Waals surface area (Å²) in [5, 5.41) is 12.4. The van der Waals surface area contributed by atoms with Crippen molar-refractivity contribution in [3.63, 3.8) is 0 Å². The van der Waals surface area contributed by atoms with E-state index in [1.165, 1.54) is 49.2 Å². The summed E-state index contributed by atoms with van der Waals surface area (Å²) in [5.41, 5.74) is 1.53. The van der Waals surface area contributed by atoms with Crippen molar-refractivity contribution in [3.05, 3.63) is 70.8 Å². The summed E-state index contributed by atoms with van der Waals surface area (Å²) >= 11 is 7.34. The molecule has 1 saturated heterocycles. The summed E-state index contributed by atoms with van der Waals surface area (Å²) in [4.78, 5) is 14.9. The van der Waals surface area contributed by atoms with Crippen molar-refractivity contribution in [2.45, 2.75) is 37.5 Å². The van der Waals surface area contributed by atoms with Gasteiger partial charge in [-0.3, -0.25) is 9.69 Å². The highest BCUT2D eigenvalue weighted by Gasteiger charge is 2.19. The predicted octanol–water partition coefficient (Wildman–Crippen LogP) is 4.84. The van der Waals surface area contributed by atoms with Crippen LogP contribution in [0.25, 0.3) is 0 Å². The maximum Gasteiger partial charge on any atom is 0.234 e. The first-order valence-corrected chi connectivity index (χ1v) is 12.0. The van der Waals surface area contributed by atoms with Crippen molar-refractivity contribution in [1.29, 1.82) is 0 Å². The molecule has 168 valence electrons. The Kier molecular flexibility index (Phi) is 7.78. The number of rotatable bonds is 8. The lowest BCUT2D eigenvalue weighted by molar-refractivity contribution is -0.113. The first kappa shape index (κ1) is 22.8. The van der Waals surface area contributed by atoms with E-state index in [4.69, 9.17) is 11.6 Å². The molecule has 0 saturated carbocycles. The molecule has 1 amide bonds. The zero-order valence-electron chi connectivity index (χ0n) is 17.6. The van der Waals surface area contributed by atoms with Crippen molar-refractivity contribution in [2.24, 2.45) is 0 Å². The minimum Gasteiger partial charge on any atom is -0.324 e. The molecule has 3 aromatic rings. The molecule has 0 radical (unpaired) electrons. The van der Waals surface area contributed by atoms with Gasteiger partial charge in [0.05, 0.1) is 29.6 Å². The van der Waals surface area contributed by atoms with Crippen molar-refractivity contribution in [3.8, 4) is 0 Å². The Hall–Kier alpha value is -2.42. The number of aromatic nitrogens is 3. The fraction of sp³-hybridized carbons (Fsp3) is 0.348. The third-order valence-electron chi connectivity index (χ3n) is 5.33. The van der Waals surface area contributed by atoms with Crippen LogP contribution < -0.4 is 5.32 Å². The van der Waals surface area contributed by atoms with Crippen molar-refractivity contribution < 1.29 is 9.18 Å². The third-order valence-corrected chi connectivity index (χ3v) is 6.61. The van der Waals surface area contributed by atoms with Gasteiger partial charge in [0.15, 0.2) is 5.16 Å². The first-order valence-electron chi connectivity index (χ1n) is 10.6. The van der Waals surface area contributed by atoms with E-state index in [9.17, 15) is 9.18 Å². The Morgan fingerprint density at radius 1 is 1.06 bits per heavy atom. The molecule has 2 heterocycles. The molecular formula is C23H25ClFN5OS. The number of benzene rings is 2. The number of likely N-dealkylation sites (tertiary alicyclic amines) is 1. The maximum atomic E-state index is 13.2. The molecule has 0 unspecified atom stereocenters. The van der Waals surface area contributed by atoms with Crippen LogP contribution in [0.15, 0.2) is 53.7 Å². The van der Waals surface area contributed by atoms with Gasteiger partial charge in [0.25, 0.3) is 0 Å². The van der Waals surface area contributed by atoms with Crippen LogP contribution in [0.3, 0.4) is 0 Å². The number of halogens is 2. The van der Waals surface area contributed by atoms with Gasteiger partial charge in [-0.2, -0.15) is 0 Å². The van der Waals surface area contributed by atoms with Crippen LogP contribution in [0.1, 0.15) is 30.7 Å². The van der Waals surface area contributed by atoms with Gasteiger partial charge in [-0.15, -0.1) is 10.2 Å². The standard InChI is InChI=1S/C23H25ClFN5OS/c24-19-13-18(25)9-10-20(19)26-22(31)16-32-23-28-27-21(15-29-11-5-2-6-12-29)30(23)14-17-7-3-1-4-8-17/h1,3-4,7-10,13H,2,5-6,11-12,14-16H2,(H,26,31). The second-order valence-corrected chi connectivity index (χ2v) is 9.12. The molecule has 1 aliphatic rings. The molecule has 6 nitrogen and oxygen atoms in total. The van der Waals surface area contributed by atoms with E-state index < -0.39 is 5.82 Å². The number of amides is 1. The van der Waals surface area contributed by atoms with Crippen LogP contribution in [0, 0.1) is 5.82 Å². The average molecular weight is 474 g/mol. The Balaban J connectivity index is 1.46. The topological polar surface area (TPSA) is 63.1 Å². The van der Waals surface area contributed by atoms with Crippen molar-refractivity contribution in [1.82, 2.24) is 19.7 Å². The van der Waals surface area contributed by atoms with Crippen LogP contribution in [0.2, 0.25) is 5.02 Å². The molecule has 32 heavy (non-hydrogen) atoms. The van der Waals surface area contributed by atoms with Crippen LogP contribution in [0.5, 0.6) is 0 Å². The summed E-state index contributed by atoms with van der Waals surface area (Å²) < 4.78 is 15.3. The van der Waals surface area contributed by atoms with Crippen molar-refractivity contribution >= 4 is 35.0 Å². The number of nitrogens with zero attached hydrogens (tertiary/aromatic N) is 4. The molecule has 1 N–H and O–H groups in total. The Labute approximate surface area is 196 Å². The van der Waals surface area contributed by atoms with Crippen LogP contribution in [-0.4, -0.2) is 44.4 Å². The zero-order valence-corrected chi connectivity index (χ0v) is 19.2. The van der Waals surface area contributed by atoms with Gasteiger partial charge in [0.2, 0.25) is 5.91 Å². The van der Waals surface area contributed by atoms with Gasteiger partial charge >= 0.3 is 0 Å². The van der Waals surface area contributed by atoms with Gasteiger partial charge < -0.3 is 9.88 Å². The average Bonchev–Trinajstić information content (AvgIpc) is 3.16. The molecule has 0 bridgehead atoms. The minimum absolute atomic E-state index is 0.143. The van der Waals surface area contributed by atoms with E-state index >= 15 is 0 Å². The lowest BCUT2D eigenvalue weighted by Gasteiger charge is -2.26. The van der Waals surface area contributed by atoms with Gasteiger partial charge in [0, 0.05) is 0 Å². The van der Waals surface area contributed by atoms with E-state index in [0.717, 1.165) is 31.0 Å². The van der Waals surface area contributed by atoms with E-state index in [0.29, 0.717) is 17.4 Å². The Bertz CT molecular complexity index is 1060. The molecule has 1 aliphatic heterocycles. The summed E-state index contributed by atoms with van der Waals surface area (Å²) in [7, 11) is 0. The molecule has 0 aliphatic carbocycles. The lowest BCUT2D eigenvalue weighted by atomic mass is 10.1. The second kappa shape index (κ2) is 10.9. The highest BCUT2D eigenvalue weighted by molar-refractivity contribution is 7.99. The third kappa shape index (κ3) is 6.09. The molecule has 0 spiro atoms. The molecule has 1 fully saturated rings.